The molecule has 3 rings (SSSR count). The van der Waals surface area contributed by atoms with Crippen molar-refractivity contribution in [2.24, 2.45) is 5.73 Å². The number of hydrogen-bond donors (Lipinski definition) is 1. The van der Waals surface area contributed by atoms with E-state index in [-0.39, 0.29) is 5.82 Å². The monoisotopic (exact) mass is 307 g/mol. The number of hydrogen-bond acceptors (Lipinski definition) is 3. The van der Waals surface area contributed by atoms with E-state index in [2.05, 4.69) is 9.80 Å². The Bertz CT molecular complexity index is 534. The summed E-state index contributed by atoms with van der Waals surface area (Å²) >= 11 is 4.98. The van der Waals surface area contributed by atoms with Crippen LogP contribution in [0.3, 0.4) is 0 Å². The molecule has 3 nitrogen and oxygen atoms in total. The van der Waals surface area contributed by atoms with Crippen molar-refractivity contribution in [2.75, 3.05) is 26.2 Å². The number of piperidine rings is 1. The highest BCUT2D eigenvalue weighted by atomic mass is 32.1. The summed E-state index contributed by atoms with van der Waals surface area (Å²) in [5.74, 6) is -0.166. The zero-order chi connectivity index (χ0) is 14.8. The van der Waals surface area contributed by atoms with Crippen molar-refractivity contribution in [3.63, 3.8) is 0 Å². The van der Waals surface area contributed by atoms with Crippen molar-refractivity contribution in [2.45, 2.75) is 31.8 Å². The van der Waals surface area contributed by atoms with E-state index in [1.807, 2.05) is 0 Å². The smallest absolute Gasteiger partial charge is 0.127 e. The second kappa shape index (κ2) is 6.38. The lowest BCUT2D eigenvalue weighted by molar-refractivity contribution is 0.0452. The average molecular weight is 307 g/mol. The highest BCUT2D eigenvalue weighted by molar-refractivity contribution is 7.80. The molecule has 0 aromatic heterocycles. The first-order chi connectivity index (χ1) is 10.1. The summed E-state index contributed by atoms with van der Waals surface area (Å²) in [6.07, 6.45) is 3.91. The van der Waals surface area contributed by atoms with Gasteiger partial charge in [-0.15, -0.1) is 0 Å². The van der Waals surface area contributed by atoms with Crippen LogP contribution in [-0.4, -0.2) is 47.0 Å². The van der Waals surface area contributed by atoms with Gasteiger partial charge < -0.3 is 5.73 Å². The lowest BCUT2D eigenvalue weighted by atomic mass is 9.99. The quantitative estimate of drug-likeness (QED) is 0.867. The predicted octanol–water partition coefficient (Wildman–Crippen LogP) is 2.13. The summed E-state index contributed by atoms with van der Waals surface area (Å²) < 4.78 is 14.0. The molecule has 0 aliphatic carbocycles. The van der Waals surface area contributed by atoms with Gasteiger partial charge in [0.25, 0.3) is 0 Å². The molecule has 0 bridgehead atoms. The molecule has 2 saturated heterocycles. The van der Waals surface area contributed by atoms with Crippen molar-refractivity contribution < 1.29 is 4.39 Å². The molecule has 0 saturated carbocycles. The highest BCUT2D eigenvalue weighted by Crippen LogP contribution is 2.23. The minimum Gasteiger partial charge on any atom is -0.389 e. The molecule has 2 aliphatic heterocycles. The van der Waals surface area contributed by atoms with Crippen molar-refractivity contribution in [3.05, 3.63) is 35.1 Å². The summed E-state index contributed by atoms with van der Waals surface area (Å²) in [5, 5.41) is 0. The van der Waals surface area contributed by atoms with Gasteiger partial charge in [-0.25, -0.2) is 4.39 Å². The van der Waals surface area contributed by atoms with Crippen LogP contribution in [0.25, 0.3) is 0 Å². The minimum atomic E-state index is -0.166. The molecule has 5 heteroatoms. The highest BCUT2D eigenvalue weighted by Gasteiger charge is 2.29. The first-order valence-corrected chi connectivity index (χ1v) is 8.09. The van der Waals surface area contributed by atoms with E-state index in [0.29, 0.717) is 23.1 Å². The van der Waals surface area contributed by atoms with Crippen molar-refractivity contribution in [1.82, 2.24) is 9.80 Å². The number of fused-ring (bicyclic) bond motifs is 1. The Morgan fingerprint density at radius 1 is 1.29 bits per heavy atom. The lowest BCUT2D eigenvalue weighted by Crippen LogP contribution is -2.54. The summed E-state index contributed by atoms with van der Waals surface area (Å²) in [7, 11) is 0. The van der Waals surface area contributed by atoms with E-state index >= 15 is 0 Å². The van der Waals surface area contributed by atoms with Crippen molar-refractivity contribution in [3.8, 4) is 0 Å². The van der Waals surface area contributed by atoms with Gasteiger partial charge in [0.1, 0.15) is 10.8 Å². The molecule has 1 atom stereocenters. The van der Waals surface area contributed by atoms with Crippen LogP contribution in [0.1, 0.15) is 30.4 Å². The maximum absolute atomic E-state index is 14.0. The molecule has 2 heterocycles. The standard InChI is InChI=1S/C16H22FN3S/c17-15-5-4-12(16(18)21)9-13(15)10-19-7-8-20-6-2-1-3-14(20)11-19/h4-5,9,14H,1-3,6-8,10-11H2,(H2,18,21). The number of thiocarbonyl (C=S) groups is 1. The van der Waals surface area contributed by atoms with Crippen LogP contribution in [0, 0.1) is 5.82 Å². The van der Waals surface area contributed by atoms with Gasteiger partial charge in [-0.2, -0.15) is 0 Å². The number of rotatable bonds is 3. The van der Waals surface area contributed by atoms with E-state index in [1.54, 1.807) is 12.1 Å². The van der Waals surface area contributed by atoms with Gasteiger partial charge in [0, 0.05) is 43.3 Å². The Balaban J connectivity index is 1.69. The molecular weight excluding hydrogens is 285 g/mol. The van der Waals surface area contributed by atoms with Crippen LogP contribution < -0.4 is 5.73 Å². The van der Waals surface area contributed by atoms with Crippen LogP contribution in [-0.2, 0) is 6.54 Å². The van der Waals surface area contributed by atoms with Gasteiger partial charge in [-0.1, -0.05) is 18.6 Å². The van der Waals surface area contributed by atoms with E-state index in [9.17, 15) is 4.39 Å². The van der Waals surface area contributed by atoms with Gasteiger partial charge in [-0.05, 0) is 37.6 Å². The van der Waals surface area contributed by atoms with Crippen LogP contribution in [0.4, 0.5) is 4.39 Å². The van der Waals surface area contributed by atoms with E-state index < -0.39 is 0 Å². The fourth-order valence-electron chi connectivity index (χ4n) is 3.45. The van der Waals surface area contributed by atoms with Gasteiger partial charge in [-0.3, -0.25) is 9.80 Å². The van der Waals surface area contributed by atoms with E-state index in [1.165, 1.54) is 31.9 Å². The first-order valence-electron chi connectivity index (χ1n) is 7.68. The maximum Gasteiger partial charge on any atom is 0.127 e. The molecule has 21 heavy (non-hydrogen) atoms. The Morgan fingerprint density at radius 2 is 2.14 bits per heavy atom. The molecule has 2 aliphatic rings. The number of nitrogens with two attached hydrogens (primary N) is 1. The van der Waals surface area contributed by atoms with Crippen LogP contribution in [0.15, 0.2) is 18.2 Å². The van der Waals surface area contributed by atoms with Gasteiger partial charge in [0.05, 0.1) is 0 Å². The summed E-state index contributed by atoms with van der Waals surface area (Å²) in [4.78, 5) is 5.27. The van der Waals surface area contributed by atoms with Gasteiger partial charge >= 0.3 is 0 Å². The molecule has 1 aromatic rings. The number of halogens is 1. The van der Waals surface area contributed by atoms with E-state index in [4.69, 9.17) is 18.0 Å². The van der Waals surface area contributed by atoms with Gasteiger partial charge in [0.2, 0.25) is 0 Å². The molecule has 2 N–H and O–H groups in total. The Morgan fingerprint density at radius 3 is 2.95 bits per heavy atom. The minimum absolute atomic E-state index is 0.166. The second-order valence-electron chi connectivity index (χ2n) is 6.09. The van der Waals surface area contributed by atoms with E-state index in [0.717, 1.165) is 25.2 Å². The molecule has 1 unspecified atom stereocenters. The maximum atomic E-state index is 14.0. The second-order valence-corrected chi connectivity index (χ2v) is 6.53. The largest absolute Gasteiger partial charge is 0.389 e. The third kappa shape index (κ3) is 3.42. The fourth-order valence-corrected chi connectivity index (χ4v) is 3.58. The molecule has 114 valence electrons. The van der Waals surface area contributed by atoms with Gasteiger partial charge in [0.15, 0.2) is 0 Å². The molecule has 1 aromatic carbocycles. The molecule has 0 spiro atoms. The zero-order valence-corrected chi connectivity index (χ0v) is 13.0. The Hall–Kier alpha value is -1.04. The van der Waals surface area contributed by atoms with Crippen LogP contribution in [0.2, 0.25) is 0 Å². The third-order valence-corrected chi connectivity index (χ3v) is 4.88. The molecular formula is C16H22FN3S. The first kappa shape index (κ1) is 14.9. The van der Waals surface area contributed by atoms with Crippen LogP contribution >= 0.6 is 12.2 Å². The summed E-state index contributed by atoms with van der Waals surface area (Å²) in [6.45, 7) is 5.02. The fraction of sp³-hybridized carbons (Fsp3) is 0.562. The van der Waals surface area contributed by atoms with Crippen molar-refractivity contribution in [1.29, 1.82) is 0 Å². The number of benzene rings is 1. The topological polar surface area (TPSA) is 32.5 Å². The molecule has 0 radical (unpaired) electrons. The van der Waals surface area contributed by atoms with Crippen molar-refractivity contribution >= 4 is 17.2 Å². The number of piperazine rings is 1. The molecule has 2 fully saturated rings. The Kier molecular flexibility index (Phi) is 4.52. The SMILES string of the molecule is NC(=S)c1ccc(F)c(CN2CCN3CCCCC3C2)c1. The zero-order valence-electron chi connectivity index (χ0n) is 12.2. The lowest BCUT2D eigenvalue weighted by Gasteiger charge is -2.44. The predicted molar refractivity (Wildman–Crippen MR) is 86.8 cm³/mol. The molecule has 0 amide bonds. The summed E-state index contributed by atoms with van der Waals surface area (Å²) in [6, 6.07) is 5.57. The summed E-state index contributed by atoms with van der Waals surface area (Å²) in [5.41, 5.74) is 7.09. The Labute approximate surface area is 130 Å². The average Bonchev–Trinajstić information content (AvgIpc) is 2.49. The number of nitrogens with zero attached hydrogens (tertiary/aromatic N) is 2. The van der Waals surface area contributed by atoms with Crippen LogP contribution in [0.5, 0.6) is 0 Å². The third-order valence-electron chi connectivity index (χ3n) is 4.65. The normalized spacial score (nSPS) is 23.8.